The van der Waals surface area contributed by atoms with Crippen molar-refractivity contribution in [3.05, 3.63) is 58.0 Å². The lowest BCUT2D eigenvalue weighted by Crippen LogP contribution is -2.34. The number of rotatable bonds is 4. The minimum absolute atomic E-state index is 0.200. The van der Waals surface area contributed by atoms with Gasteiger partial charge in [0.05, 0.1) is 0 Å². The zero-order valence-electron chi connectivity index (χ0n) is 12.5. The molecule has 0 saturated carbocycles. The van der Waals surface area contributed by atoms with Crippen LogP contribution in [0.5, 0.6) is 0 Å². The Morgan fingerprint density at radius 1 is 1.19 bits per heavy atom. The maximum atomic E-state index is 12.7. The van der Waals surface area contributed by atoms with Crippen molar-refractivity contribution in [2.24, 2.45) is 0 Å². The molecule has 21 heavy (non-hydrogen) atoms. The highest BCUT2D eigenvalue weighted by Crippen LogP contribution is 2.20. The minimum Gasteiger partial charge on any atom is -0.307 e. The molecule has 0 bridgehead atoms. The number of anilines is 1. The molecule has 0 atom stereocenters. The zero-order chi connectivity index (χ0) is 15.4. The predicted octanol–water partition coefficient (Wildman–Crippen LogP) is 2.24. The molecular weight excluding hydrogens is 266 g/mol. The molecule has 2 rings (SSSR count). The van der Waals surface area contributed by atoms with E-state index in [2.05, 4.69) is 5.10 Å². The van der Waals surface area contributed by atoms with Crippen LogP contribution in [0.1, 0.15) is 29.9 Å². The topological polar surface area (TPSA) is 55.2 Å². The number of carbonyl (C=O) groups excluding carboxylic acids is 1. The summed E-state index contributed by atoms with van der Waals surface area (Å²) in [5.74, 6) is -0.200. The van der Waals surface area contributed by atoms with E-state index in [-0.39, 0.29) is 17.2 Å². The monoisotopic (exact) mass is 285 g/mol. The fourth-order valence-corrected chi connectivity index (χ4v) is 2.22. The smallest absolute Gasteiger partial charge is 0.278 e. The lowest BCUT2D eigenvalue weighted by molar-refractivity contribution is 0.0981. The molecule has 0 aliphatic carbocycles. The Hall–Kier alpha value is -2.43. The van der Waals surface area contributed by atoms with Gasteiger partial charge >= 0.3 is 0 Å². The van der Waals surface area contributed by atoms with Crippen LogP contribution in [0.2, 0.25) is 0 Å². The van der Waals surface area contributed by atoms with Gasteiger partial charge in [-0.25, -0.2) is 4.68 Å². The third kappa shape index (κ3) is 3.02. The standard InChI is InChI=1S/C16H19N3O2/c1-4-18(14-9-7-6-8-12(14)3)16(21)13-10-11-15(20)19(5-2)17-13/h6-11H,4-5H2,1-3H3. The van der Waals surface area contributed by atoms with Crippen LogP contribution in [0.15, 0.2) is 41.2 Å². The first-order valence-corrected chi connectivity index (χ1v) is 7.04. The normalized spacial score (nSPS) is 10.4. The molecule has 0 aliphatic heterocycles. The highest BCUT2D eigenvalue weighted by molar-refractivity contribution is 6.05. The molecule has 2 aromatic rings. The number of hydrogen-bond acceptors (Lipinski definition) is 3. The van der Waals surface area contributed by atoms with Gasteiger partial charge < -0.3 is 4.90 Å². The highest BCUT2D eigenvalue weighted by Gasteiger charge is 2.19. The van der Waals surface area contributed by atoms with Gasteiger partial charge in [-0.15, -0.1) is 0 Å². The summed E-state index contributed by atoms with van der Waals surface area (Å²) in [4.78, 5) is 25.9. The van der Waals surface area contributed by atoms with E-state index in [1.165, 1.54) is 16.8 Å². The predicted molar refractivity (Wildman–Crippen MR) is 82.7 cm³/mol. The van der Waals surface area contributed by atoms with Crippen molar-refractivity contribution in [3.8, 4) is 0 Å². The second-order valence-corrected chi connectivity index (χ2v) is 4.71. The Balaban J connectivity index is 2.42. The van der Waals surface area contributed by atoms with Crippen molar-refractivity contribution < 1.29 is 4.79 Å². The van der Waals surface area contributed by atoms with E-state index in [1.54, 1.807) is 4.90 Å². The van der Waals surface area contributed by atoms with Gasteiger partial charge in [-0.2, -0.15) is 5.10 Å². The van der Waals surface area contributed by atoms with Gasteiger partial charge in [-0.1, -0.05) is 18.2 Å². The summed E-state index contributed by atoms with van der Waals surface area (Å²) in [6.07, 6.45) is 0. The molecule has 0 saturated heterocycles. The highest BCUT2D eigenvalue weighted by atomic mass is 16.2. The molecule has 1 heterocycles. The second-order valence-electron chi connectivity index (χ2n) is 4.71. The third-order valence-corrected chi connectivity index (χ3v) is 3.35. The number of aromatic nitrogens is 2. The van der Waals surface area contributed by atoms with E-state index in [9.17, 15) is 9.59 Å². The minimum atomic E-state index is -0.201. The van der Waals surface area contributed by atoms with Crippen LogP contribution in [-0.2, 0) is 6.54 Å². The molecule has 1 amide bonds. The van der Waals surface area contributed by atoms with Crippen LogP contribution >= 0.6 is 0 Å². The van der Waals surface area contributed by atoms with Gasteiger partial charge in [0.2, 0.25) is 0 Å². The van der Waals surface area contributed by atoms with Gasteiger partial charge in [-0.05, 0) is 38.5 Å². The number of aryl methyl sites for hydroxylation is 2. The van der Waals surface area contributed by atoms with E-state index >= 15 is 0 Å². The number of nitrogens with zero attached hydrogens (tertiary/aromatic N) is 3. The van der Waals surface area contributed by atoms with Gasteiger partial charge in [0.15, 0.2) is 0 Å². The van der Waals surface area contributed by atoms with E-state index in [4.69, 9.17) is 0 Å². The molecule has 5 heteroatoms. The van der Waals surface area contributed by atoms with Gasteiger partial charge in [0.1, 0.15) is 5.69 Å². The summed E-state index contributed by atoms with van der Waals surface area (Å²) in [7, 11) is 0. The Bertz CT molecular complexity index is 707. The SMILES string of the molecule is CCN(C(=O)c1ccc(=O)n(CC)n1)c1ccccc1C. The largest absolute Gasteiger partial charge is 0.307 e. The van der Waals surface area contributed by atoms with E-state index < -0.39 is 0 Å². The number of benzene rings is 1. The van der Waals surface area contributed by atoms with Gasteiger partial charge in [-0.3, -0.25) is 9.59 Å². The fraction of sp³-hybridized carbons (Fsp3) is 0.312. The summed E-state index contributed by atoms with van der Waals surface area (Å²) < 4.78 is 1.29. The third-order valence-electron chi connectivity index (χ3n) is 3.35. The zero-order valence-corrected chi connectivity index (χ0v) is 12.5. The molecule has 0 aliphatic rings. The van der Waals surface area contributed by atoms with Crippen LogP contribution in [-0.4, -0.2) is 22.2 Å². The van der Waals surface area contributed by atoms with Crippen molar-refractivity contribution in [1.29, 1.82) is 0 Å². The van der Waals surface area contributed by atoms with Crippen LogP contribution in [0.4, 0.5) is 5.69 Å². The van der Waals surface area contributed by atoms with Gasteiger partial charge in [0, 0.05) is 24.8 Å². The maximum absolute atomic E-state index is 12.7. The first-order chi connectivity index (χ1) is 10.1. The molecule has 0 radical (unpaired) electrons. The summed E-state index contributed by atoms with van der Waals surface area (Å²) in [6.45, 7) is 6.68. The molecule has 110 valence electrons. The molecule has 0 N–H and O–H groups in total. The first kappa shape index (κ1) is 15.0. The molecule has 0 spiro atoms. The number of amides is 1. The lowest BCUT2D eigenvalue weighted by atomic mass is 10.1. The quantitative estimate of drug-likeness (QED) is 0.865. The van der Waals surface area contributed by atoms with Crippen molar-refractivity contribution >= 4 is 11.6 Å². The first-order valence-electron chi connectivity index (χ1n) is 7.04. The van der Waals surface area contributed by atoms with E-state index in [0.717, 1.165) is 11.3 Å². The van der Waals surface area contributed by atoms with Crippen molar-refractivity contribution in [2.75, 3.05) is 11.4 Å². The summed E-state index contributed by atoms with van der Waals surface area (Å²) in [5, 5.41) is 4.13. The maximum Gasteiger partial charge on any atom is 0.278 e. The molecule has 0 unspecified atom stereocenters. The number of carbonyl (C=O) groups is 1. The number of hydrogen-bond donors (Lipinski definition) is 0. The van der Waals surface area contributed by atoms with Crippen molar-refractivity contribution in [1.82, 2.24) is 9.78 Å². The Kier molecular flexibility index (Phi) is 4.52. The molecule has 1 aromatic heterocycles. The van der Waals surface area contributed by atoms with Crippen LogP contribution in [0.3, 0.4) is 0 Å². The van der Waals surface area contributed by atoms with E-state index in [0.29, 0.717) is 13.1 Å². The summed E-state index contributed by atoms with van der Waals surface area (Å²) in [6, 6.07) is 10.6. The van der Waals surface area contributed by atoms with Crippen LogP contribution in [0.25, 0.3) is 0 Å². The lowest BCUT2D eigenvalue weighted by Gasteiger charge is -2.22. The summed E-state index contributed by atoms with van der Waals surface area (Å²) >= 11 is 0. The average Bonchev–Trinajstić information content (AvgIpc) is 2.50. The van der Waals surface area contributed by atoms with Gasteiger partial charge in [0.25, 0.3) is 11.5 Å². The number of para-hydroxylation sites is 1. The molecule has 5 nitrogen and oxygen atoms in total. The Labute approximate surface area is 123 Å². The van der Waals surface area contributed by atoms with E-state index in [1.807, 2.05) is 45.0 Å². The fourth-order valence-electron chi connectivity index (χ4n) is 2.22. The van der Waals surface area contributed by atoms with Crippen molar-refractivity contribution in [3.63, 3.8) is 0 Å². The summed E-state index contributed by atoms with van der Waals surface area (Å²) in [5.41, 5.74) is 1.96. The average molecular weight is 285 g/mol. The Morgan fingerprint density at radius 3 is 2.52 bits per heavy atom. The molecule has 1 aromatic carbocycles. The second kappa shape index (κ2) is 6.35. The van der Waals surface area contributed by atoms with Crippen LogP contribution in [0, 0.1) is 6.92 Å². The Morgan fingerprint density at radius 2 is 1.90 bits per heavy atom. The molecular formula is C16H19N3O2. The molecule has 0 fully saturated rings. The van der Waals surface area contributed by atoms with Crippen molar-refractivity contribution in [2.45, 2.75) is 27.3 Å². The van der Waals surface area contributed by atoms with Crippen LogP contribution < -0.4 is 10.5 Å².